The molecule has 1 atom stereocenters. The van der Waals surface area contributed by atoms with Gasteiger partial charge in [0.1, 0.15) is 0 Å². The molecule has 1 aromatic heterocycles. The van der Waals surface area contributed by atoms with Gasteiger partial charge in [-0.2, -0.15) is 0 Å². The highest BCUT2D eigenvalue weighted by Gasteiger charge is 2.20. The van der Waals surface area contributed by atoms with Crippen molar-refractivity contribution in [1.82, 2.24) is 19.9 Å². The first-order valence-electron chi connectivity index (χ1n) is 7.50. The highest BCUT2D eigenvalue weighted by atomic mass is 15.4. The standard InChI is InChI=1S/C14H27N5/c1-12(2)13-4-3-7-18(8-5-13)10-14-11-19(9-6-15)17-16-14/h11-13H,3-10,15H2,1-2H3. The largest absolute Gasteiger partial charge is 0.329 e. The minimum Gasteiger partial charge on any atom is -0.329 e. The Morgan fingerprint density at radius 1 is 1.37 bits per heavy atom. The Morgan fingerprint density at radius 3 is 2.95 bits per heavy atom. The van der Waals surface area contributed by atoms with Gasteiger partial charge in [0.05, 0.1) is 12.2 Å². The molecule has 0 radical (unpaired) electrons. The van der Waals surface area contributed by atoms with Crippen LogP contribution in [0.1, 0.15) is 38.8 Å². The lowest BCUT2D eigenvalue weighted by molar-refractivity contribution is 0.262. The van der Waals surface area contributed by atoms with Crippen molar-refractivity contribution in [2.75, 3.05) is 19.6 Å². The van der Waals surface area contributed by atoms with Crippen LogP contribution >= 0.6 is 0 Å². The molecule has 0 spiro atoms. The molecule has 2 N–H and O–H groups in total. The van der Waals surface area contributed by atoms with Crippen molar-refractivity contribution in [3.05, 3.63) is 11.9 Å². The SMILES string of the molecule is CC(C)C1CCCN(Cc2cn(CCN)nn2)CC1. The van der Waals surface area contributed by atoms with Gasteiger partial charge in [-0.3, -0.25) is 9.58 Å². The maximum absolute atomic E-state index is 5.52. The summed E-state index contributed by atoms with van der Waals surface area (Å²) in [5.74, 6) is 1.70. The van der Waals surface area contributed by atoms with E-state index in [1.54, 1.807) is 0 Å². The summed E-state index contributed by atoms with van der Waals surface area (Å²) in [6, 6.07) is 0. The third-order valence-corrected chi connectivity index (χ3v) is 4.14. The summed E-state index contributed by atoms with van der Waals surface area (Å²) >= 11 is 0. The van der Waals surface area contributed by atoms with Crippen LogP contribution < -0.4 is 5.73 Å². The van der Waals surface area contributed by atoms with Crippen LogP contribution in [0.2, 0.25) is 0 Å². The molecule has 0 amide bonds. The van der Waals surface area contributed by atoms with Gasteiger partial charge in [-0.15, -0.1) is 5.10 Å². The van der Waals surface area contributed by atoms with Crippen molar-refractivity contribution in [3.8, 4) is 0 Å². The van der Waals surface area contributed by atoms with Crippen LogP contribution in [-0.2, 0) is 13.1 Å². The lowest BCUT2D eigenvalue weighted by Crippen LogP contribution is -2.24. The number of rotatable bonds is 5. The summed E-state index contributed by atoms with van der Waals surface area (Å²) in [5.41, 5.74) is 6.59. The molecule has 0 saturated carbocycles. The van der Waals surface area contributed by atoms with Crippen LogP contribution in [-0.4, -0.2) is 39.5 Å². The Kier molecular flexibility index (Phi) is 5.34. The van der Waals surface area contributed by atoms with Gasteiger partial charge < -0.3 is 5.73 Å². The van der Waals surface area contributed by atoms with Crippen LogP contribution in [0.15, 0.2) is 6.20 Å². The van der Waals surface area contributed by atoms with Gasteiger partial charge in [0.25, 0.3) is 0 Å². The maximum atomic E-state index is 5.52. The van der Waals surface area contributed by atoms with Crippen LogP contribution in [0.3, 0.4) is 0 Å². The Bertz CT molecular complexity index is 374. The van der Waals surface area contributed by atoms with Gasteiger partial charge in [0.15, 0.2) is 0 Å². The zero-order valence-corrected chi connectivity index (χ0v) is 12.3. The van der Waals surface area contributed by atoms with Gasteiger partial charge in [0.2, 0.25) is 0 Å². The first-order valence-corrected chi connectivity index (χ1v) is 7.50. The van der Waals surface area contributed by atoms with Crippen molar-refractivity contribution in [3.63, 3.8) is 0 Å². The van der Waals surface area contributed by atoms with Crippen molar-refractivity contribution in [1.29, 1.82) is 0 Å². The molecule has 2 rings (SSSR count). The van der Waals surface area contributed by atoms with E-state index in [2.05, 4.69) is 29.1 Å². The van der Waals surface area contributed by atoms with Crippen LogP contribution in [0.25, 0.3) is 0 Å². The van der Waals surface area contributed by atoms with Gasteiger partial charge in [-0.05, 0) is 44.2 Å². The average molecular weight is 265 g/mol. The maximum Gasteiger partial charge on any atom is 0.0967 e. The Morgan fingerprint density at radius 2 is 2.21 bits per heavy atom. The highest BCUT2D eigenvalue weighted by Crippen LogP contribution is 2.24. The lowest BCUT2D eigenvalue weighted by atomic mass is 9.89. The fourth-order valence-corrected chi connectivity index (χ4v) is 2.89. The molecule has 1 saturated heterocycles. The van der Waals surface area contributed by atoms with Gasteiger partial charge in [0, 0.05) is 19.3 Å². The topological polar surface area (TPSA) is 60.0 Å². The molecule has 1 aliphatic heterocycles. The zero-order valence-electron chi connectivity index (χ0n) is 12.3. The Labute approximate surface area is 116 Å². The average Bonchev–Trinajstić information content (AvgIpc) is 2.67. The van der Waals surface area contributed by atoms with Gasteiger partial charge in [-0.1, -0.05) is 19.1 Å². The molecule has 2 heterocycles. The smallest absolute Gasteiger partial charge is 0.0967 e. The minimum atomic E-state index is 0.614. The van der Waals surface area contributed by atoms with E-state index in [0.717, 1.165) is 30.6 Å². The molecular weight excluding hydrogens is 238 g/mol. The Balaban J connectivity index is 1.85. The van der Waals surface area contributed by atoms with E-state index in [-0.39, 0.29) is 0 Å². The van der Waals surface area contributed by atoms with Crippen molar-refractivity contribution in [2.24, 2.45) is 17.6 Å². The molecule has 1 fully saturated rings. The van der Waals surface area contributed by atoms with Crippen molar-refractivity contribution in [2.45, 2.75) is 46.2 Å². The van der Waals surface area contributed by atoms with E-state index in [1.807, 2.05) is 10.9 Å². The molecular formula is C14H27N5. The van der Waals surface area contributed by atoms with E-state index >= 15 is 0 Å². The molecule has 108 valence electrons. The quantitative estimate of drug-likeness (QED) is 0.876. The monoisotopic (exact) mass is 265 g/mol. The molecule has 1 aliphatic rings. The fourth-order valence-electron chi connectivity index (χ4n) is 2.89. The summed E-state index contributed by atoms with van der Waals surface area (Å²) in [5, 5.41) is 8.33. The first-order chi connectivity index (χ1) is 9.19. The third-order valence-electron chi connectivity index (χ3n) is 4.14. The second-order valence-corrected chi connectivity index (χ2v) is 5.97. The summed E-state index contributed by atoms with van der Waals surface area (Å²) in [6.45, 7) is 9.36. The number of hydrogen-bond donors (Lipinski definition) is 1. The van der Waals surface area contributed by atoms with Crippen molar-refractivity contribution >= 4 is 0 Å². The predicted octanol–water partition coefficient (Wildman–Crippen LogP) is 1.49. The fraction of sp³-hybridized carbons (Fsp3) is 0.857. The van der Waals surface area contributed by atoms with E-state index in [9.17, 15) is 0 Å². The van der Waals surface area contributed by atoms with Crippen molar-refractivity contribution < 1.29 is 0 Å². The third kappa shape index (κ3) is 4.28. The molecule has 5 heteroatoms. The predicted molar refractivity (Wildman–Crippen MR) is 76.5 cm³/mol. The molecule has 1 unspecified atom stereocenters. The Hall–Kier alpha value is -0.940. The second-order valence-electron chi connectivity index (χ2n) is 5.97. The number of nitrogens with two attached hydrogens (primary N) is 1. The lowest BCUT2D eigenvalue weighted by Gasteiger charge is -2.20. The number of nitrogens with zero attached hydrogens (tertiary/aromatic N) is 4. The van der Waals surface area contributed by atoms with Gasteiger partial charge >= 0.3 is 0 Å². The summed E-state index contributed by atoms with van der Waals surface area (Å²) < 4.78 is 1.84. The summed E-state index contributed by atoms with van der Waals surface area (Å²) in [6.07, 6.45) is 6.01. The van der Waals surface area contributed by atoms with Crippen LogP contribution in [0.5, 0.6) is 0 Å². The molecule has 1 aromatic rings. The van der Waals surface area contributed by atoms with E-state index in [0.29, 0.717) is 6.54 Å². The summed E-state index contributed by atoms with van der Waals surface area (Å²) in [4.78, 5) is 2.51. The van der Waals surface area contributed by atoms with Crippen LogP contribution in [0, 0.1) is 11.8 Å². The van der Waals surface area contributed by atoms with E-state index < -0.39 is 0 Å². The zero-order chi connectivity index (χ0) is 13.7. The number of hydrogen-bond acceptors (Lipinski definition) is 4. The molecule has 5 nitrogen and oxygen atoms in total. The molecule has 0 aliphatic carbocycles. The molecule has 0 bridgehead atoms. The highest BCUT2D eigenvalue weighted by molar-refractivity contribution is 4.92. The summed E-state index contributed by atoms with van der Waals surface area (Å²) in [7, 11) is 0. The van der Waals surface area contributed by atoms with E-state index in [4.69, 9.17) is 5.73 Å². The number of likely N-dealkylation sites (tertiary alicyclic amines) is 1. The minimum absolute atomic E-state index is 0.614. The first kappa shape index (κ1) is 14.5. The van der Waals surface area contributed by atoms with Crippen LogP contribution in [0.4, 0.5) is 0 Å². The molecule has 0 aromatic carbocycles. The normalized spacial score (nSPS) is 21.8. The number of aromatic nitrogens is 3. The van der Waals surface area contributed by atoms with E-state index in [1.165, 1.54) is 32.4 Å². The van der Waals surface area contributed by atoms with Gasteiger partial charge in [-0.25, -0.2) is 0 Å². The molecule has 19 heavy (non-hydrogen) atoms. The second kappa shape index (κ2) is 7.01.